The number of hydrogen-bond acceptors (Lipinski definition) is 2. The Morgan fingerprint density at radius 3 is 3.06 bits per heavy atom. The third kappa shape index (κ3) is 2.59. The first-order valence-corrected chi connectivity index (χ1v) is 6.57. The highest BCUT2D eigenvalue weighted by Crippen LogP contribution is 2.37. The molecule has 1 saturated heterocycles. The van der Waals surface area contributed by atoms with Crippen molar-refractivity contribution in [1.82, 2.24) is 0 Å². The summed E-state index contributed by atoms with van der Waals surface area (Å²) in [5, 5.41) is 10.1. The first-order chi connectivity index (χ1) is 7.72. The summed E-state index contributed by atoms with van der Waals surface area (Å²) in [7, 11) is 0. The number of halogens is 2. The van der Waals surface area contributed by atoms with Gasteiger partial charge < -0.3 is 9.84 Å². The molecule has 2 nitrogen and oxygen atoms in total. The molecule has 0 bridgehead atoms. The van der Waals surface area contributed by atoms with Crippen LogP contribution in [0.3, 0.4) is 0 Å². The Kier molecular flexibility index (Phi) is 4.25. The van der Waals surface area contributed by atoms with Crippen molar-refractivity contribution in [2.45, 2.75) is 18.9 Å². The fraction of sp³-hybridized carbons (Fsp3) is 0.500. The van der Waals surface area contributed by atoms with Crippen molar-refractivity contribution in [3.05, 3.63) is 33.3 Å². The minimum atomic E-state index is -0.0492. The highest BCUT2D eigenvalue weighted by molar-refractivity contribution is 9.10. The van der Waals surface area contributed by atoms with E-state index in [1.165, 1.54) is 0 Å². The summed E-state index contributed by atoms with van der Waals surface area (Å²) in [6.07, 6.45) is 1.96. The molecule has 2 atom stereocenters. The topological polar surface area (TPSA) is 29.5 Å². The fourth-order valence-corrected chi connectivity index (χ4v) is 2.76. The van der Waals surface area contributed by atoms with E-state index in [0.717, 1.165) is 29.5 Å². The van der Waals surface area contributed by atoms with Gasteiger partial charge in [-0.25, -0.2) is 0 Å². The highest BCUT2D eigenvalue weighted by atomic mass is 79.9. The van der Waals surface area contributed by atoms with Gasteiger partial charge in [0.15, 0.2) is 0 Å². The predicted molar refractivity (Wildman–Crippen MR) is 67.7 cm³/mol. The van der Waals surface area contributed by atoms with Gasteiger partial charge in [0.25, 0.3) is 0 Å². The summed E-state index contributed by atoms with van der Waals surface area (Å²) < 4.78 is 6.74. The molecular formula is C12H14BrClO2. The molecule has 0 aromatic heterocycles. The van der Waals surface area contributed by atoms with Gasteiger partial charge in [-0.15, -0.1) is 0 Å². The van der Waals surface area contributed by atoms with Gasteiger partial charge >= 0.3 is 0 Å². The molecule has 0 radical (unpaired) electrons. The molecule has 1 N–H and O–H groups in total. The largest absolute Gasteiger partial charge is 0.396 e. The highest BCUT2D eigenvalue weighted by Gasteiger charge is 2.28. The van der Waals surface area contributed by atoms with E-state index >= 15 is 0 Å². The molecule has 2 unspecified atom stereocenters. The number of ether oxygens (including phenoxy) is 1. The van der Waals surface area contributed by atoms with Crippen LogP contribution in [0.4, 0.5) is 0 Å². The molecule has 88 valence electrons. The van der Waals surface area contributed by atoms with E-state index in [1.807, 2.05) is 18.2 Å². The zero-order chi connectivity index (χ0) is 11.5. The van der Waals surface area contributed by atoms with Crippen LogP contribution in [0.15, 0.2) is 22.7 Å². The van der Waals surface area contributed by atoms with E-state index in [2.05, 4.69) is 15.9 Å². The van der Waals surface area contributed by atoms with E-state index < -0.39 is 0 Å². The Hall–Kier alpha value is -0.0900. The van der Waals surface area contributed by atoms with Crippen molar-refractivity contribution in [1.29, 1.82) is 0 Å². The third-order valence-electron chi connectivity index (χ3n) is 2.94. The smallest absolute Gasteiger partial charge is 0.0886 e. The lowest BCUT2D eigenvalue weighted by atomic mass is 9.90. The van der Waals surface area contributed by atoms with Gasteiger partial charge in [0.2, 0.25) is 0 Å². The maximum atomic E-state index is 9.35. The van der Waals surface area contributed by atoms with E-state index in [0.29, 0.717) is 5.02 Å². The van der Waals surface area contributed by atoms with Crippen molar-refractivity contribution in [3.8, 4) is 0 Å². The average Bonchev–Trinajstić information content (AvgIpc) is 2.32. The average molecular weight is 306 g/mol. The maximum absolute atomic E-state index is 9.35. The van der Waals surface area contributed by atoms with Crippen molar-refractivity contribution in [2.24, 2.45) is 5.92 Å². The van der Waals surface area contributed by atoms with Gasteiger partial charge in [-0.05, 0) is 36.6 Å². The molecule has 0 saturated carbocycles. The Morgan fingerprint density at radius 2 is 2.31 bits per heavy atom. The summed E-state index contributed by atoms with van der Waals surface area (Å²) in [5.74, 6) is 0.170. The molecule has 1 aliphatic rings. The van der Waals surface area contributed by atoms with E-state index in [4.69, 9.17) is 16.3 Å². The van der Waals surface area contributed by atoms with Crippen LogP contribution in [-0.4, -0.2) is 18.3 Å². The SMILES string of the molecule is OCC1CCCOC1c1cc(Cl)ccc1Br. The van der Waals surface area contributed by atoms with Gasteiger partial charge in [-0.2, -0.15) is 0 Å². The maximum Gasteiger partial charge on any atom is 0.0886 e. The molecule has 2 rings (SSSR count). The molecule has 0 aliphatic carbocycles. The molecular weight excluding hydrogens is 291 g/mol. The molecule has 1 aromatic rings. The van der Waals surface area contributed by atoms with Gasteiger partial charge in [0.05, 0.1) is 6.10 Å². The second-order valence-corrected chi connectivity index (χ2v) is 5.33. The van der Waals surface area contributed by atoms with Crippen LogP contribution in [0.2, 0.25) is 5.02 Å². The minimum Gasteiger partial charge on any atom is -0.396 e. The van der Waals surface area contributed by atoms with E-state index in [9.17, 15) is 5.11 Å². The predicted octanol–water partition coefficient (Wildman–Crippen LogP) is 3.56. The molecule has 16 heavy (non-hydrogen) atoms. The molecule has 0 spiro atoms. The van der Waals surface area contributed by atoms with Crippen molar-refractivity contribution >= 4 is 27.5 Å². The van der Waals surface area contributed by atoms with Gasteiger partial charge in [-0.3, -0.25) is 0 Å². The number of hydrogen-bond donors (Lipinski definition) is 1. The Morgan fingerprint density at radius 1 is 1.50 bits per heavy atom. The van der Waals surface area contributed by atoms with Crippen LogP contribution < -0.4 is 0 Å². The summed E-state index contributed by atoms with van der Waals surface area (Å²) in [6, 6.07) is 5.67. The van der Waals surface area contributed by atoms with Crippen LogP contribution in [0, 0.1) is 5.92 Å². The van der Waals surface area contributed by atoms with Crippen LogP contribution in [0.5, 0.6) is 0 Å². The molecule has 1 aliphatic heterocycles. The van der Waals surface area contributed by atoms with Crippen LogP contribution in [-0.2, 0) is 4.74 Å². The first kappa shape index (κ1) is 12.4. The second-order valence-electron chi connectivity index (χ2n) is 4.04. The van der Waals surface area contributed by atoms with Gasteiger partial charge in [0.1, 0.15) is 0 Å². The second kappa shape index (κ2) is 5.50. The van der Waals surface area contributed by atoms with E-state index in [-0.39, 0.29) is 18.6 Å². The molecule has 1 fully saturated rings. The number of benzene rings is 1. The number of aliphatic hydroxyl groups excluding tert-OH is 1. The van der Waals surface area contributed by atoms with Crippen molar-refractivity contribution in [3.63, 3.8) is 0 Å². The zero-order valence-corrected chi connectivity index (χ0v) is 11.2. The molecule has 1 aromatic carbocycles. The molecule has 4 heteroatoms. The Balaban J connectivity index is 2.30. The van der Waals surface area contributed by atoms with Crippen molar-refractivity contribution in [2.75, 3.05) is 13.2 Å². The summed E-state index contributed by atoms with van der Waals surface area (Å²) in [5.41, 5.74) is 1.03. The van der Waals surface area contributed by atoms with Gasteiger partial charge in [-0.1, -0.05) is 27.5 Å². The lowest BCUT2D eigenvalue weighted by molar-refractivity contribution is -0.0460. The third-order valence-corrected chi connectivity index (χ3v) is 3.90. The van der Waals surface area contributed by atoms with E-state index in [1.54, 1.807) is 0 Å². The molecule has 0 amide bonds. The minimum absolute atomic E-state index is 0.0492. The lowest BCUT2D eigenvalue weighted by Gasteiger charge is -2.31. The normalized spacial score (nSPS) is 25.7. The Bertz CT molecular complexity index is 370. The molecule has 1 heterocycles. The zero-order valence-electron chi connectivity index (χ0n) is 8.83. The van der Waals surface area contributed by atoms with Crippen LogP contribution in [0.1, 0.15) is 24.5 Å². The standard InChI is InChI=1S/C12H14BrClO2/c13-11-4-3-9(14)6-10(11)12-8(7-15)2-1-5-16-12/h3-4,6,8,12,15H,1-2,5,7H2. The summed E-state index contributed by atoms with van der Waals surface area (Å²) in [6.45, 7) is 0.906. The summed E-state index contributed by atoms with van der Waals surface area (Å²) >= 11 is 9.49. The van der Waals surface area contributed by atoms with Crippen LogP contribution in [0.25, 0.3) is 0 Å². The quantitative estimate of drug-likeness (QED) is 0.905. The monoisotopic (exact) mass is 304 g/mol. The Labute approximate surface area is 109 Å². The van der Waals surface area contributed by atoms with Gasteiger partial charge in [0, 0.05) is 28.6 Å². The first-order valence-electron chi connectivity index (χ1n) is 5.40. The lowest BCUT2D eigenvalue weighted by Crippen LogP contribution is -2.25. The summed E-state index contributed by atoms with van der Waals surface area (Å²) in [4.78, 5) is 0. The number of aliphatic hydroxyl groups is 1. The fourth-order valence-electron chi connectivity index (χ4n) is 2.11. The number of rotatable bonds is 2. The van der Waals surface area contributed by atoms with Crippen molar-refractivity contribution < 1.29 is 9.84 Å². The van der Waals surface area contributed by atoms with Crippen LogP contribution >= 0.6 is 27.5 Å².